The number of nitrogens with one attached hydrogen (secondary N) is 1. The molecule has 0 saturated heterocycles. The molecule has 0 bridgehead atoms. The summed E-state index contributed by atoms with van der Waals surface area (Å²) < 4.78 is 14.9. The van der Waals surface area contributed by atoms with Gasteiger partial charge in [-0.25, -0.2) is 9.07 Å². The summed E-state index contributed by atoms with van der Waals surface area (Å²) >= 11 is 0. The van der Waals surface area contributed by atoms with E-state index in [1.165, 1.54) is 18.2 Å². The molecule has 0 spiro atoms. The summed E-state index contributed by atoms with van der Waals surface area (Å²) in [6.07, 6.45) is 3.55. The van der Waals surface area contributed by atoms with Crippen molar-refractivity contribution in [1.82, 2.24) is 9.78 Å². The third-order valence-electron chi connectivity index (χ3n) is 3.63. The number of nitrogens with zero attached hydrogens (tertiary/aromatic N) is 2. The van der Waals surface area contributed by atoms with E-state index in [1.807, 2.05) is 4.68 Å². The van der Waals surface area contributed by atoms with Crippen molar-refractivity contribution in [2.45, 2.75) is 39.7 Å². The highest BCUT2D eigenvalue weighted by atomic mass is 19.1. The highest BCUT2D eigenvalue weighted by Crippen LogP contribution is 2.21. The second kappa shape index (κ2) is 6.52. The van der Waals surface area contributed by atoms with Gasteiger partial charge >= 0.3 is 0 Å². The lowest BCUT2D eigenvalue weighted by Crippen LogP contribution is -2.19. The van der Waals surface area contributed by atoms with E-state index in [4.69, 9.17) is 0 Å². The van der Waals surface area contributed by atoms with Gasteiger partial charge in [-0.15, -0.1) is 0 Å². The van der Waals surface area contributed by atoms with Crippen molar-refractivity contribution >= 4 is 11.7 Å². The molecule has 0 atom stereocenters. The minimum atomic E-state index is -0.342. The second-order valence-corrected chi connectivity index (χ2v) is 5.04. The molecular formula is C16H20FN3O. The van der Waals surface area contributed by atoms with Crippen LogP contribution in [0.15, 0.2) is 30.5 Å². The van der Waals surface area contributed by atoms with Crippen LogP contribution in [0.2, 0.25) is 0 Å². The Morgan fingerprint density at radius 2 is 2.05 bits per heavy atom. The number of anilines is 1. The number of amides is 1. The number of carbonyl (C=O) groups excluding carboxylic acids is 1. The second-order valence-electron chi connectivity index (χ2n) is 5.04. The maximum absolute atomic E-state index is 13.1. The Morgan fingerprint density at radius 3 is 2.67 bits per heavy atom. The van der Waals surface area contributed by atoms with Crippen molar-refractivity contribution in [3.63, 3.8) is 0 Å². The van der Waals surface area contributed by atoms with Crippen LogP contribution < -0.4 is 5.32 Å². The van der Waals surface area contributed by atoms with Crippen molar-refractivity contribution in [2.75, 3.05) is 5.32 Å². The fourth-order valence-electron chi connectivity index (χ4n) is 2.40. The van der Waals surface area contributed by atoms with Gasteiger partial charge in [-0.3, -0.25) is 4.79 Å². The van der Waals surface area contributed by atoms with Crippen LogP contribution in [-0.4, -0.2) is 15.7 Å². The van der Waals surface area contributed by atoms with E-state index in [9.17, 15) is 9.18 Å². The Bertz CT molecular complexity index is 632. The predicted octanol–water partition coefficient (Wildman–Crippen LogP) is 3.94. The van der Waals surface area contributed by atoms with Crippen LogP contribution in [0.4, 0.5) is 10.2 Å². The van der Waals surface area contributed by atoms with Crippen molar-refractivity contribution < 1.29 is 9.18 Å². The van der Waals surface area contributed by atoms with Crippen LogP contribution >= 0.6 is 0 Å². The molecule has 4 nitrogen and oxygen atoms in total. The lowest BCUT2D eigenvalue weighted by atomic mass is 10.1. The first-order chi connectivity index (χ1) is 10.1. The minimum Gasteiger partial charge on any atom is -0.307 e. The van der Waals surface area contributed by atoms with E-state index in [0.717, 1.165) is 12.8 Å². The highest BCUT2D eigenvalue weighted by molar-refractivity contribution is 6.04. The first kappa shape index (κ1) is 15.2. The average molecular weight is 289 g/mol. The minimum absolute atomic E-state index is 0.250. The van der Waals surface area contributed by atoms with Crippen LogP contribution in [0.1, 0.15) is 48.7 Å². The molecule has 2 rings (SSSR count). The number of aromatic nitrogens is 2. The summed E-state index contributed by atoms with van der Waals surface area (Å²) in [6.45, 7) is 5.90. The van der Waals surface area contributed by atoms with E-state index in [0.29, 0.717) is 16.9 Å². The SMILES string of the molecule is CCC(CC)n1nccc1NC(=O)c1ccc(F)cc1C. The molecule has 1 heterocycles. The Hall–Kier alpha value is -2.17. The largest absolute Gasteiger partial charge is 0.307 e. The summed E-state index contributed by atoms with van der Waals surface area (Å²) in [6, 6.07) is 6.17. The topological polar surface area (TPSA) is 46.9 Å². The molecule has 0 aliphatic carbocycles. The standard InChI is InChI=1S/C16H20FN3O/c1-4-13(5-2)20-15(8-9-18-20)19-16(21)14-7-6-12(17)10-11(14)3/h6-10,13H,4-5H2,1-3H3,(H,19,21). The smallest absolute Gasteiger partial charge is 0.257 e. The first-order valence-electron chi connectivity index (χ1n) is 7.17. The maximum atomic E-state index is 13.1. The summed E-state index contributed by atoms with van der Waals surface area (Å²) in [7, 11) is 0. The third kappa shape index (κ3) is 3.29. The molecule has 5 heteroatoms. The molecule has 0 saturated carbocycles. The molecule has 1 aromatic heterocycles. The van der Waals surface area contributed by atoms with E-state index < -0.39 is 0 Å². The Kier molecular flexibility index (Phi) is 4.73. The van der Waals surface area contributed by atoms with Crippen molar-refractivity contribution in [2.24, 2.45) is 0 Å². The van der Waals surface area contributed by atoms with Gasteiger partial charge in [0.1, 0.15) is 11.6 Å². The number of benzene rings is 1. The van der Waals surface area contributed by atoms with Gasteiger partial charge in [0, 0.05) is 11.6 Å². The molecule has 2 aromatic rings. The molecule has 1 aromatic carbocycles. The molecule has 0 fully saturated rings. The van der Waals surface area contributed by atoms with Crippen LogP contribution in [0, 0.1) is 12.7 Å². The first-order valence-corrected chi connectivity index (χ1v) is 7.17. The fraction of sp³-hybridized carbons (Fsp3) is 0.375. The number of aryl methyl sites for hydroxylation is 1. The summed E-state index contributed by atoms with van der Waals surface area (Å²) in [5, 5.41) is 7.14. The van der Waals surface area contributed by atoms with Crippen LogP contribution in [0.3, 0.4) is 0 Å². The number of carbonyl (C=O) groups is 1. The molecule has 21 heavy (non-hydrogen) atoms. The Labute approximate surface area is 124 Å². The molecule has 0 aliphatic rings. The molecule has 1 N–H and O–H groups in total. The van der Waals surface area contributed by atoms with Gasteiger partial charge in [0.2, 0.25) is 0 Å². The van der Waals surface area contributed by atoms with E-state index in [-0.39, 0.29) is 17.8 Å². The van der Waals surface area contributed by atoms with Gasteiger partial charge in [0.05, 0.1) is 12.2 Å². The lowest BCUT2D eigenvalue weighted by molar-refractivity contribution is 0.102. The summed E-state index contributed by atoms with van der Waals surface area (Å²) in [5.74, 6) is 0.0729. The normalized spacial score (nSPS) is 10.9. The zero-order valence-electron chi connectivity index (χ0n) is 12.6. The Balaban J connectivity index is 2.22. The van der Waals surface area contributed by atoms with E-state index in [2.05, 4.69) is 24.3 Å². The van der Waals surface area contributed by atoms with E-state index >= 15 is 0 Å². The monoisotopic (exact) mass is 289 g/mol. The van der Waals surface area contributed by atoms with Crippen LogP contribution in [0.5, 0.6) is 0 Å². The molecule has 112 valence electrons. The number of hydrogen-bond acceptors (Lipinski definition) is 2. The molecular weight excluding hydrogens is 269 g/mol. The summed E-state index contributed by atoms with van der Waals surface area (Å²) in [4.78, 5) is 12.3. The zero-order chi connectivity index (χ0) is 15.4. The molecule has 0 radical (unpaired) electrons. The Morgan fingerprint density at radius 1 is 1.33 bits per heavy atom. The van der Waals surface area contributed by atoms with Gasteiger partial charge in [-0.2, -0.15) is 5.10 Å². The van der Waals surface area contributed by atoms with E-state index in [1.54, 1.807) is 19.2 Å². The van der Waals surface area contributed by atoms with Gasteiger partial charge in [-0.1, -0.05) is 13.8 Å². The van der Waals surface area contributed by atoms with Crippen molar-refractivity contribution in [1.29, 1.82) is 0 Å². The maximum Gasteiger partial charge on any atom is 0.257 e. The van der Waals surface area contributed by atoms with Crippen molar-refractivity contribution in [3.05, 3.63) is 47.4 Å². The zero-order valence-corrected chi connectivity index (χ0v) is 12.6. The number of hydrogen-bond donors (Lipinski definition) is 1. The quantitative estimate of drug-likeness (QED) is 0.906. The molecule has 1 amide bonds. The van der Waals surface area contributed by atoms with Gasteiger partial charge in [0.25, 0.3) is 5.91 Å². The van der Waals surface area contributed by atoms with Gasteiger partial charge in [0.15, 0.2) is 0 Å². The predicted molar refractivity (Wildman–Crippen MR) is 80.9 cm³/mol. The fourth-order valence-corrected chi connectivity index (χ4v) is 2.40. The van der Waals surface area contributed by atoms with Crippen molar-refractivity contribution in [3.8, 4) is 0 Å². The summed E-state index contributed by atoms with van der Waals surface area (Å²) in [5.41, 5.74) is 1.08. The molecule has 0 unspecified atom stereocenters. The van der Waals surface area contributed by atoms with Gasteiger partial charge < -0.3 is 5.32 Å². The van der Waals surface area contributed by atoms with Gasteiger partial charge in [-0.05, 0) is 43.5 Å². The lowest BCUT2D eigenvalue weighted by Gasteiger charge is -2.17. The number of halogens is 1. The number of rotatable bonds is 5. The van der Waals surface area contributed by atoms with Crippen LogP contribution in [-0.2, 0) is 0 Å². The average Bonchev–Trinajstić information content (AvgIpc) is 2.88. The third-order valence-corrected chi connectivity index (χ3v) is 3.63. The highest BCUT2D eigenvalue weighted by Gasteiger charge is 2.15. The molecule has 0 aliphatic heterocycles. The van der Waals surface area contributed by atoms with Crippen LogP contribution in [0.25, 0.3) is 0 Å².